The summed E-state index contributed by atoms with van der Waals surface area (Å²) in [7, 11) is 2.05. The first-order valence-electron chi connectivity index (χ1n) is 9.63. The van der Waals surface area contributed by atoms with Crippen LogP contribution in [0.5, 0.6) is 0 Å². The molecule has 3 aromatic rings. The summed E-state index contributed by atoms with van der Waals surface area (Å²) < 4.78 is 2.15. The average Bonchev–Trinajstić information content (AvgIpc) is 3.04. The van der Waals surface area contributed by atoms with Crippen molar-refractivity contribution in [2.45, 2.75) is 32.9 Å². The van der Waals surface area contributed by atoms with Crippen molar-refractivity contribution in [2.75, 3.05) is 5.32 Å². The zero-order valence-electron chi connectivity index (χ0n) is 17.2. The number of rotatable bonds is 3. The number of anilines is 1. The van der Waals surface area contributed by atoms with Crippen LogP contribution in [0.4, 0.5) is 5.69 Å². The van der Waals surface area contributed by atoms with E-state index in [9.17, 15) is 4.79 Å². The van der Waals surface area contributed by atoms with Crippen molar-refractivity contribution in [3.8, 4) is 0 Å². The summed E-state index contributed by atoms with van der Waals surface area (Å²) >= 11 is 0. The Morgan fingerprint density at radius 1 is 1.21 bits per heavy atom. The number of nitrogens with zero attached hydrogens (tertiary/aromatic N) is 3. The molecule has 0 fully saturated rings. The Morgan fingerprint density at radius 2 is 2.00 bits per heavy atom. The monoisotopic (exact) mass is 385 g/mol. The number of amides is 1. The minimum atomic E-state index is -0.518. The molecule has 1 amide bonds. The zero-order chi connectivity index (χ0) is 20.8. The molecule has 1 atom stereocenters. The van der Waals surface area contributed by atoms with E-state index in [0.29, 0.717) is 23.8 Å². The molecule has 0 saturated heterocycles. The van der Waals surface area contributed by atoms with E-state index in [-0.39, 0.29) is 5.91 Å². The molecule has 3 heterocycles. The van der Waals surface area contributed by atoms with Gasteiger partial charge in [-0.1, -0.05) is 17.6 Å². The Hall–Kier alpha value is -3.35. The third-order valence-electron chi connectivity index (χ3n) is 5.36. The van der Waals surface area contributed by atoms with Crippen LogP contribution in [0.3, 0.4) is 0 Å². The number of nitrogens with one attached hydrogen (secondary N) is 1. The highest BCUT2D eigenvalue weighted by molar-refractivity contribution is 6.33. The van der Waals surface area contributed by atoms with Crippen molar-refractivity contribution in [3.63, 3.8) is 0 Å². The molecule has 0 radical (unpaired) electrons. The molecule has 0 bridgehead atoms. The maximum absolute atomic E-state index is 12.6. The number of carbonyl (C=O) groups is 1. The van der Waals surface area contributed by atoms with Crippen LogP contribution >= 0.6 is 0 Å². The first kappa shape index (κ1) is 19.0. The third-order valence-corrected chi connectivity index (χ3v) is 5.36. The number of carbonyl (C=O) groups excluding carboxylic acids is 1. The fraction of sp³-hybridized carbons (Fsp3) is 0.227. The molecule has 0 spiro atoms. The number of benzene rings is 1. The number of hydrogen-bond acceptors (Lipinski definition) is 4. The summed E-state index contributed by atoms with van der Waals surface area (Å²) in [6.07, 6.45) is 3.78. The first-order chi connectivity index (χ1) is 13.7. The molecule has 6 nitrogen and oxygen atoms in total. The minimum absolute atomic E-state index is 0.236. The Labute approximate surface area is 171 Å². The number of fused-ring (bicyclic) bond motifs is 1. The molecule has 0 aliphatic carbocycles. The van der Waals surface area contributed by atoms with Crippen LogP contribution in [0.1, 0.15) is 39.8 Å². The van der Waals surface area contributed by atoms with Crippen LogP contribution in [0, 0.1) is 13.8 Å². The SMILES string of the molecule is Bc1ccc(NC(=O)c2ccc(C)cn2)cc1C1(C)Cn2cc(C)cc2C(N)=N1. The smallest absolute Gasteiger partial charge is 0.274 e. The van der Waals surface area contributed by atoms with Crippen molar-refractivity contribution >= 4 is 30.7 Å². The second-order valence-electron chi connectivity index (χ2n) is 8.01. The summed E-state index contributed by atoms with van der Waals surface area (Å²) in [5, 5.41) is 2.95. The van der Waals surface area contributed by atoms with Crippen LogP contribution in [0.15, 0.2) is 53.8 Å². The highest BCUT2D eigenvalue weighted by Crippen LogP contribution is 2.32. The lowest BCUT2D eigenvalue weighted by atomic mass is 9.79. The number of aromatic nitrogens is 2. The topological polar surface area (TPSA) is 85.3 Å². The van der Waals surface area contributed by atoms with Crippen molar-refractivity contribution in [1.82, 2.24) is 9.55 Å². The molecule has 1 aliphatic heterocycles. The van der Waals surface area contributed by atoms with Crippen molar-refractivity contribution in [3.05, 3.63) is 76.9 Å². The van der Waals surface area contributed by atoms with Gasteiger partial charge in [0.2, 0.25) is 0 Å². The van der Waals surface area contributed by atoms with Gasteiger partial charge in [-0.25, -0.2) is 0 Å². The van der Waals surface area contributed by atoms with E-state index >= 15 is 0 Å². The highest BCUT2D eigenvalue weighted by Gasteiger charge is 2.33. The van der Waals surface area contributed by atoms with Gasteiger partial charge in [-0.3, -0.25) is 14.8 Å². The molecular weight excluding hydrogens is 361 g/mol. The Kier molecular flexibility index (Phi) is 4.53. The van der Waals surface area contributed by atoms with Gasteiger partial charge in [0.05, 0.1) is 12.2 Å². The van der Waals surface area contributed by atoms with E-state index in [1.165, 1.54) is 0 Å². The van der Waals surface area contributed by atoms with Crippen molar-refractivity contribution in [2.24, 2.45) is 10.7 Å². The molecule has 7 heteroatoms. The van der Waals surface area contributed by atoms with Gasteiger partial charge in [0.15, 0.2) is 0 Å². The van der Waals surface area contributed by atoms with Crippen molar-refractivity contribution < 1.29 is 4.79 Å². The largest absolute Gasteiger partial charge is 0.382 e. The number of aryl methyl sites for hydroxylation is 2. The molecule has 1 aliphatic rings. The lowest BCUT2D eigenvalue weighted by Gasteiger charge is -2.33. The standard InChI is InChI=1S/C22H24BN5O/c1-13-4-7-18(25-10-13)21(29)26-15-5-6-17(23)16(9-15)22(3)12-28-11-14(2)8-19(28)20(24)27-22/h4-11H,12,23H2,1-3H3,(H2,24,27)(H,26,29). The predicted molar refractivity (Wildman–Crippen MR) is 119 cm³/mol. The van der Waals surface area contributed by atoms with Gasteiger partial charge in [0.25, 0.3) is 5.91 Å². The molecular formula is C22H24BN5O. The summed E-state index contributed by atoms with van der Waals surface area (Å²) in [6, 6.07) is 11.5. The fourth-order valence-corrected chi connectivity index (χ4v) is 3.92. The number of amidine groups is 1. The zero-order valence-corrected chi connectivity index (χ0v) is 17.2. The average molecular weight is 385 g/mol. The molecule has 3 N–H and O–H groups in total. The predicted octanol–water partition coefficient (Wildman–Crippen LogP) is 1.64. The molecule has 146 valence electrons. The summed E-state index contributed by atoms with van der Waals surface area (Å²) in [5.74, 6) is 0.296. The van der Waals surface area contributed by atoms with Gasteiger partial charge in [-0.15, -0.1) is 0 Å². The van der Waals surface area contributed by atoms with E-state index in [4.69, 9.17) is 10.7 Å². The Bertz CT molecular complexity index is 1130. The molecule has 2 aromatic heterocycles. The van der Waals surface area contributed by atoms with Crippen LogP contribution in [-0.4, -0.2) is 29.1 Å². The van der Waals surface area contributed by atoms with E-state index < -0.39 is 5.54 Å². The number of nitrogens with two attached hydrogens (primary N) is 1. The minimum Gasteiger partial charge on any atom is -0.382 e. The quantitative estimate of drug-likeness (QED) is 0.673. The lowest BCUT2D eigenvalue weighted by molar-refractivity contribution is 0.102. The van der Waals surface area contributed by atoms with E-state index in [2.05, 4.69) is 48.8 Å². The third kappa shape index (κ3) is 3.56. The van der Waals surface area contributed by atoms with E-state index in [0.717, 1.165) is 27.8 Å². The summed E-state index contributed by atoms with van der Waals surface area (Å²) in [4.78, 5) is 21.6. The van der Waals surface area contributed by atoms with Gasteiger partial charge in [-0.2, -0.15) is 0 Å². The molecule has 1 unspecified atom stereocenters. The Balaban J connectivity index is 1.66. The van der Waals surface area contributed by atoms with Gasteiger partial charge < -0.3 is 15.6 Å². The molecule has 0 saturated carbocycles. The van der Waals surface area contributed by atoms with Crippen LogP contribution < -0.4 is 16.5 Å². The second-order valence-corrected chi connectivity index (χ2v) is 8.01. The highest BCUT2D eigenvalue weighted by atomic mass is 16.1. The second kappa shape index (κ2) is 6.92. The summed E-state index contributed by atoms with van der Waals surface area (Å²) in [5.41, 5.74) is 12.1. The van der Waals surface area contributed by atoms with Gasteiger partial charge in [0.1, 0.15) is 24.9 Å². The summed E-state index contributed by atoms with van der Waals surface area (Å²) in [6.45, 7) is 6.76. The number of aliphatic imine (C=N–C) groups is 1. The fourth-order valence-electron chi connectivity index (χ4n) is 3.92. The van der Waals surface area contributed by atoms with E-state index in [1.807, 2.05) is 31.2 Å². The van der Waals surface area contributed by atoms with E-state index in [1.54, 1.807) is 12.3 Å². The Morgan fingerprint density at radius 3 is 2.72 bits per heavy atom. The van der Waals surface area contributed by atoms with Crippen LogP contribution in [0.2, 0.25) is 0 Å². The van der Waals surface area contributed by atoms with Crippen LogP contribution in [0.25, 0.3) is 0 Å². The molecule has 1 aromatic carbocycles. The van der Waals surface area contributed by atoms with Gasteiger partial charge in [0, 0.05) is 18.1 Å². The normalized spacial score (nSPS) is 18.1. The first-order valence-corrected chi connectivity index (χ1v) is 9.63. The number of pyridine rings is 1. The number of hydrogen-bond donors (Lipinski definition) is 2. The van der Waals surface area contributed by atoms with Gasteiger partial charge in [-0.05, 0) is 61.7 Å². The maximum Gasteiger partial charge on any atom is 0.274 e. The van der Waals surface area contributed by atoms with Crippen molar-refractivity contribution in [1.29, 1.82) is 0 Å². The molecule has 29 heavy (non-hydrogen) atoms. The van der Waals surface area contributed by atoms with Gasteiger partial charge >= 0.3 is 0 Å². The molecule has 4 rings (SSSR count). The maximum atomic E-state index is 12.6. The lowest BCUT2D eigenvalue weighted by Crippen LogP contribution is -2.39. The van der Waals surface area contributed by atoms with Crippen LogP contribution in [-0.2, 0) is 12.1 Å².